The molecular weight excluding hydrogens is 1250 g/mol. The number of carbonyl (C=O) groups excluding carboxylic acids is 7. The van der Waals surface area contributed by atoms with Gasteiger partial charge in [-0.2, -0.15) is 0 Å². The van der Waals surface area contributed by atoms with E-state index in [0.717, 1.165) is 40.4 Å². The first kappa shape index (κ1) is 69.8. The van der Waals surface area contributed by atoms with Crippen molar-refractivity contribution in [2.24, 2.45) is 0 Å². The minimum absolute atomic E-state index is 0.0861. The number of hydrogen-bond donors (Lipinski definition) is 3. The maximum atomic E-state index is 14.6. The number of dihydropyridines is 3. The second kappa shape index (κ2) is 30.3. The summed E-state index contributed by atoms with van der Waals surface area (Å²) < 4.78 is 239. The molecule has 3 aromatic rings. The van der Waals surface area contributed by atoms with Gasteiger partial charge in [0.05, 0.1) is 113 Å². The molecule has 5 aliphatic rings. The minimum atomic E-state index is -3.08. The monoisotopic (exact) mass is 1300 g/mol. The Labute approximate surface area is 499 Å². The van der Waals surface area contributed by atoms with Crippen LogP contribution in [0.3, 0.4) is 0 Å². The van der Waals surface area contributed by atoms with E-state index in [9.17, 15) is 99.4 Å². The average Bonchev–Trinajstić information content (AvgIpc) is 1.24. The number of methoxy groups -OCH3 is 3. The van der Waals surface area contributed by atoms with E-state index in [4.69, 9.17) is 18.9 Å². The summed E-state index contributed by atoms with van der Waals surface area (Å²) in [5, 5.41) is 7.58. The number of hydrogen-bond acceptors (Lipinski definition) is 17. The van der Waals surface area contributed by atoms with Crippen LogP contribution in [-0.2, 0) is 86.0 Å². The zero-order valence-corrected chi connectivity index (χ0v) is 47.4. The van der Waals surface area contributed by atoms with Crippen molar-refractivity contribution in [2.75, 3.05) is 67.8 Å². The van der Waals surface area contributed by atoms with E-state index in [1.807, 2.05) is 0 Å². The molecule has 5 heterocycles. The number of cyclic esters (lactones) is 2. The topological polar surface area (TPSA) is 220 Å². The van der Waals surface area contributed by atoms with Gasteiger partial charge in [-0.15, -0.1) is 0 Å². The maximum Gasteiger partial charge on any atom is 0.337 e. The zero-order chi connectivity index (χ0) is 66.7. The molecule has 0 aromatic heterocycles. The number of ether oxygens (including phenoxy) is 7. The Balaban J connectivity index is 0.000000216. The molecule has 486 valence electrons. The maximum absolute atomic E-state index is 14.6. The van der Waals surface area contributed by atoms with E-state index in [0.29, 0.717) is 24.3 Å². The lowest BCUT2D eigenvalue weighted by Crippen LogP contribution is -2.36. The second-order valence-electron chi connectivity index (χ2n) is 19.2. The predicted molar refractivity (Wildman–Crippen MR) is 277 cm³/mol. The van der Waals surface area contributed by atoms with Crippen molar-refractivity contribution in [3.8, 4) is 0 Å². The van der Waals surface area contributed by atoms with Gasteiger partial charge in [0, 0.05) is 44.4 Å². The fourth-order valence-corrected chi connectivity index (χ4v) is 10.4. The number of nitrogens with one attached hydrogen (secondary N) is 3. The molecule has 1 unspecified atom stereocenters. The molecule has 0 spiro atoms. The van der Waals surface area contributed by atoms with Crippen LogP contribution in [0.15, 0.2) is 104 Å². The van der Waals surface area contributed by atoms with Gasteiger partial charge in [0.1, 0.15) is 74.7 Å². The smallest absolute Gasteiger partial charge is 0.337 e. The van der Waals surface area contributed by atoms with Crippen molar-refractivity contribution < 1.29 is 133 Å². The molecule has 90 heavy (non-hydrogen) atoms. The minimum Gasteiger partial charge on any atom is -0.466 e. The fourth-order valence-electron chi connectivity index (χ4n) is 10.4. The summed E-state index contributed by atoms with van der Waals surface area (Å²) in [5.74, 6) is -19.2. The van der Waals surface area contributed by atoms with E-state index in [2.05, 4.69) is 30.2 Å². The third-order valence-corrected chi connectivity index (χ3v) is 13.8. The normalized spacial score (nSPS) is 17.8. The molecule has 0 saturated heterocycles. The van der Waals surface area contributed by atoms with Crippen LogP contribution < -0.4 is 16.0 Å². The Morgan fingerprint density at radius 2 is 0.811 bits per heavy atom. The van der Waals surface area contributed by atoms with Gasteiger partial charge in [-0.3, -0.25) is 4.79 Å². The van der Waals surface area contributed by atoms with E-state index in [-0.39, 0.29) is 59.5 Å². The number of alkyl halides is 9. The van der Waals surface area contributed by atoms with Crippen LogP contribution in [0.5, 0.6) is 0 Å². The second-order valence-corrected chi connectivity index (χ2v) is 19.2. The van der Waals surface area contributed by atoms with Gasteiger partial charge in [-0.25, -0.2) is 94.6 Å². The molecule has 0 bridgehead atoms. The molecule has 8 rings (SSSR count). The van der Waals surface area contributed by atoms with Gasteiger partial charge in [-0.1, -0.05) is 0 Å². The fraction of sp³-hybridized carbons (Fsp3) is 0.362. The lowest BCUT2D eigenvalue weighted by molar-refractivity contribution is -0.142. The Morgan fingerprint density at radius 3 is 1.12 bits per heavy atom. The summed E-state index contributed by atoms with van der Waals surface area (Å²) in [6, 6.07) is 3.35. The number of halogens is 15. The van der Waals surface area contributed by atoms with Gasteiger partial charge >= 0.3 is 41.8 Å². The molecule has 0 aliphatic carbocycles. The van der Waals surface area contributed by atoms with Crippen molar-refractivity contribution in [1.29, 1.82) is 0 Å². The molecule has 0 fully saturated rings. The van der Waals surface area contributed by atoms with Crippen molar-refractivity contribution in [1.82, 2.24) is 16.0 Å². The lowest BCUT2D eigenvalue weighted by atomic mass is 9.77. The van der Waals surface area contributed by atoms with Crippen LogP contribution in [0, 0.1) is 34.9 Å². The van der Waals surface area contributed by atoms with Crippen LogP contribution in [-0.4, -0.2) is 129 Å². The van der Waals surface area contributed by atoms with E-state index < -0.39 is 221 Å². The lowest BCUT2D eigenvalue weighted by Gasteiger charge is -2.32. The number of rotatable bonds is 19. The standard InChI is InChI=1S/C22H22F5NO6.2C18H14F5NO4/c1-4-33-22(31)20-16(9-34-10(2)29)28-15(8-23)19(21(30)32-3)18(20)13-5-11(24)6-14(25)12(13)7-17(26)27;2*1-27-17(25)15-11(5-19)24-12-6-28-18(26)16(12)14(15)9-2-7(20)3-10(21)8(9)4-13(22)23/h5-6,17-18,28H,4,7-9H2,1-3H3;2*2-3,13-14,24H,4-6H2,1H3/t;2*14-/m.10/s1. The first-order chi connectivity index (χ1) is 42.6. The first-order valence-corrected chi connectivity index (χ1v) is 26.2. The van der Waals surface area contributed by atoms with Gasteiger partial charge in [0.25, 0.3) is 0 Å². The Morgan fingerprint density at radius 1 is 0.489 bits per heavy atom. The summed E-state index contributed by atoms with van der Waals surface area (Å²) in [4.78, 5) is 86.0. The highest BCUT2D eigenvalue weighted by molar-refractivity contribution is 6.03. The quantitative estimate of drug-likeness (QED) is 0.0581. The van der Waals surface area contributed by atoms with E-state index in [1.165, 1.54) is 6.92 Å². The third-order valence-electron chi connectivity index (χ3n) is 13.8. The molecule has 17 nitrogen and oxygen atoms in total. The van der Waals surface area contributed by atoms with Crippen LogP contribution in [0.4, 0.5) is 65.9 Å². The molecule has 0 amide bonds. The highest BCUT2D eigenvalue weighted by Gasteiger charge is 2.47. The summed E-state index contributed by atoms with van der Waals surface area (Å²) in [7, 11) is 2.92. The van der Waals surface area contributed by atoms with Gasteiger partial charge in [-0.05, 0) is 58.5 Å². The van der Waals surface area contributed by atoms with Crippen LogP contribution in [0.2, 0.25) is 0 Å². The van der Waals surface area contributed by atoms with E-state index in [1.54, 1.807) is 0 Å². The summed E-state index contributed by atoms with van der Waals surface area (Å²) >= 11 is 0. The van der Waals surface area contributed by atoms with Gasteiger partial charge < -0.3 is 49.1 Å². The van der Waals surface area contributed by atoms with Gasteiger partial charge in [0.2, 0.25) is 19.3 Å². The van der Waals surface area contributed by atoms with Crippen LogP contribution in [0.25, 0.3) is 0 Å². The average molecular weight is 1300 g/mol. The van der Waals surface area contributed by atoms with Crippen molar-refractivity contribution >= 4 is 41.8 Å². The van der Waals surface area contributed by atoms with Crippen LogP contribution in [0.1, 0.15) is 65.0 Å². The number of carbonyl (C=O) groups is 7. The molecule has 32 heteroatoms. The van der Waals surface area contributed by atoms with Gasteiger partial charge in [0.15, 0.2) is 0 Å². The Bertz CT molecular complexity index is 3430. The number of benzene rings is 3. The molecule has 3 N–H and O–H groups in total. The Hall–Kier alpha value is -9.26. The van der Waals surface area contributed by atoms with Crippen molar-refractivity contribution in [3.63, 3.8) is 0 Å². The van der Waals surface area contributed by atoms with Crippen molar-refractivity contribution in [3.05, 3.63) is 172 Å². The highest BCUT2D eigenvalue weighted by Crippen LogP contribution is 2.47. The highest BCUT2D eigenvalue weighted by atomic mass is 19.3. The molecule has 0 saturated carbocycles. The van der Waals surface area contributed by atoms with Crippen LogP contribution >= 0.6 is 0 Å². The molecular formula is C58H50F15N3O14. The Kier molecular flexibility index (Phi) is 23.5. The summed E-state index contributed by atoms with van der Waals surface area (Å²) in [6.07, 6.45) is -12.4. The largest absolute Gasteiger partial charge is 0.466 e. The third kappa shape index (κ3) is 15.2. The summed E-state index contributed by atoms with van der Waals surface area (Å²) in [5.41, 5.74) is -6.73. The molecule has 3 atom stereocenters. The SMILES string of the molecule is CCOC(=O)C1=C(COC(C)=O)NC(CF)=C(C(=O)OC)C1c1cc(F)cc(F)c1CC(F)F.COC(=O)C1=C(CF)NC2=C(C(=O)OC2)[C@@H]1c1cc(F)cc(F)c1CC(F)F.COC(=O)C1=C(CF)NC2=C(C(=O)OC2)[C@H]1c1cc(F)cc(F)c1CC(F)F. The number of allylic oxidation sites excluding steroid dienone is 3. The van der Waals surface area contributed by atoms with E-state index >= 15 is 0 Å². The predicted octanol–water partition coefficient (Wildman–Crippen LogP) is 8.57. The van der Waals surface area contributed by atoms with Crippen molar-refractivity contribution in [2.45, 2.75) is 70.1 Å². The number of esters is 7. The molecule has 3 aromatic carbocycles. The molecule has 5 aliphatic heterocycles. The zero-order valence-electron chi connectivity index (χ0n) is 47.4. The summed E-state index contributed by atoms with van der Waals surface area (Å²) in [6.45, 7) is -2.63. The molecule has 0 radical (unpaired) electrons. The first-order valence-electron chi connectivity index (χ1n) is 26.2.